The number of benzene rings is 1. The van der Waals surface area contributed by atoms with E-state index in [0.717, 1.165) is 32.2 Å². The number of carbonyl (C=O) groups excluding carboxylic acids is 2. The van der Waals surface area contributed by atoms with Crippen LogP contribution in [0.1, 0.15) is 36.0 Å². The SMILES string of the molecule is COc1ccc(Cl)cc1C(=O)N1CCCN(C(=O)C2CCC2)CC1. The summed E-state index contributed by atoms with van der Waals surface area (Å²) in [4.78, 5) is 29.0. The number of hydrogen-bond acceptors (Lipinski definition) is 3. The van der Waals surface area contributed by atoms with Crippen molar-refractivity contribution >= 4 is 23.4 Å². The average Bonchev–Trinajstić information content (AvgIpc) is 2.78. The van der Waals surface area contributed by atoms with Crippen LogP contribution in [-0.2, 0) is 4.79 Å². The minimum absolute atomic E-state index is 0.0905. The van der Waals surface area contributed by atoms with E-state index in [0.29, 0.717) is 36.0 Å². The van der Waals surface area contributed by atoms with Gasteiger partial charge >= 0.3 is 0 Å². The summed E-state index contributed by atoms with van der Waals surface area (Å²) in [6, 6.07) is 5.06. The molecule has 0 spiro atoms. The predicted molar refractivity (Wildman–Crippen MR) is 92.4 cm³/mol. The van der Waals surface area contributed by atoms with E-state index in [9.17, 15) is 9.59 Å². The minimum Gasteiger partial charge on any atom is -0.496 e. The lowest BCUT2D eigenvalue weighted by Gasteiger charge is -2.31. The molecule has 130 valence electrons. The Hall–Kier alpha value is -1.75. The maximum Gasteiger partial charge on any atom is 0.257 e. The molecule has 0 atom stereocenters. The van der Waals surface area contributed by atoms with Crippen molar-refractivity contribution in [1.29, 1.82) is 0 Å². The number of nitrogens with zero attached hydrogens (tertiary/aromatic N) is 2. The summed E-state index contributed by atoms with van der Waals surface area (Å²) >= 11 is 6.03. The molecule has 0 radical (unpaired) electrons. The second-order valence-electron chi connectivity index (χ2n) is 6.44. The van der Waals surface area contributed by atoms with Crippen LogP contribution in [0.3, 0.4) is 0 Å². The van der Waals surface area contributed by atoms with E-state index in [4.69, 9.17) is 16.3 Å². The van der Waals surface area contributed by atoms with E-state index in [1.54, 1.807) is 30.2 Å². The average molecular weight is 351 g/mol. The van der Waals surface area contributed by atoms with Crippen LogP contribution in [0.5, 0.6) is 5.75 Å². The molecule has 1 aliphatic carbocycles. The number of methoxy groups -OCH3 is 1. The molecule has 24 heavy (non-hydrogen) atoms. The fourth-order valence-corrected chi connectivity index (χ4v) is 3.44. The molecule has 0 N–H and O–H groups in total. The predicted octanol–water partition coefficient (Wildman–Crippen LogP) is 2.82. The first-order chi connectivity index (χ1) is 11.6. The number of hydrogen-bond donors (Lipinski definition) is 0. The lowest BCUT2D eigenvalue weighted by atomic mass is 9.84. The highest BCUT2D eigenvalue weighted by Crippen LogP contribution is 2.29. The summed E-state index contributed by atoms with van der Waals surface area (Å²) in [6.45, 7) is 2.52. The first-order valence-corrected chi connectivity index (χ1v) is 8.89. The number of amides is 2. The third-order valence-electron chi connectivity index (χ3n) is 4.94. The molecule has 0 bridgehead atoms. The Bertz CT molecular complexity index is 631. The van der Waals surface area contributed by atoms with Crippen LogP contribution in [0, 0.1) is 5.92 Å². The molecule has 5 nitrogen and oxygen atoms in total. The zero-order valence-corrected chi connectivity index (χ0v) is 14.7. The van der Waals surface area contributed by atoms with Crippen LogP contribution in [-0.4, -0.2) is 54.9 Å². The van der Waals surface area contributed by atoms with Gasteiger partial charge in [0.25, 0.3) is 5.91 Å². The molecule has 2 fully saturated rings. The minimum atomic E-state index is -0.0905. The molecule has 1 aromatic rings. The summed E-state index contributed by atoms with van der Waals surface area (Å²) in [7, 11) is 1.54. The highest BCUT2D eigenvalue weighted by molar-refractivity contribution is 6.31. The number of rotatable bonds is 3. The smallest absolute Gasteiger partial charge is 0.257 e. The normalized spacial score (nSPS) is 18.8. The quantitative estimate of drug-likeness (QED) is 0.842. The first-order valence-electron chi connectivity index (χ1n) is 8.51. The largest absolute Gasteiger partial charge is 0.496 e. The first kappa shape index (κ1) is 17.1. The van der Waals surface area contributed by atoms with Gasteiger partial charge in [0.1, 0.15) is 5.75 Å². The van der Waals surface area contributed by atoms with Gasteiger partial charge in [-0.1, -0.05) is 18.0 Å². The fourth-order valence-electron chi connectivity index (χ4n) is 3.27. The van der Waals surface area contributed by atoms with Crippen molar-refractivity contribution in [2.24, 2.45) is 5.92 Å². The maximum atomic E-state index is 12.8. The fraction of sp³-hybridized carbons (Fsp3) is 0.556. The summed E-state index contributed by atoms with van der Waals surface area (Å²) in [5.41, 5.74) is 0.476. The second kappa shape index (κ2) is 7.43. The third-order valence-corrected chi connectivity index (χ3v) is 5.18. The molecule has 1 aliphatic heterocycles. The molecule has 2 aliphatic rings. The summed E-state index contributed by atoms with van der Waals surface area (Å²) in [5, 5.41) is 0.510. The van der Waals surface area contributed by atoms with Crippen LogP contribution in [0.4, 0.5) is 0 Å². The van der Waals surface area contributed by atoms with Crippen molar-refractivity contribution in [1.82, 2.24) is 9.80 Å². The van der Waals surface area contributed by atoms with Gasteiger partial charge in [-0.2, -0.15) is 0 Å². The second-order valence-corrected chi connectivity index (χ2v) is 6.88. The standard InChI is InChI=1S/C18H23ClN2O3/c1-24-16-7-6-14(19)12-15(16)18(23)21-9-3-8-20(10-11-21)17(22)13-4-2-5-13/h6-7,12-13H,2-5,8-11H2,1H3. The monoisotopic (exact) mass is 350 g/mol. The Balaban J connectivity index is 1.68. The zero-order valence-electron chi connectivity index (χ0n) is 14.0. The molecular weight excluding hydrogens is 328 g/mol. The molecule has 1 aromatic carbocycles. The third kappa shape index (κ3) is 3.51. The Labute approximate surface area is 147 Å². The maximum absolute atomic E-state index is 12.8. The van der Waals surface area contributed by atoms with Crippen molar-refractivity contribution in [2.45, 2.75) is 25.7 Å². The van der Waals surface area contributed by atoms with Crippen molar-refractivity contribution in [3.05, 3.63) is 28.8 Å². The van der Waals surface area contributed by atoms with Crippen LogP contribution in [0.25, 0.3) is 0 Å². The summed E-state index contributed by atoms with van der Waals surface area (Å²) < 4.78 is 5.29. The van der Waals surface area contributed by atoms with E-state index < -0.39 is 0 Å². The Morgan fingerprint density at radius 3 is 2.46 bits per heavy atom. The highest BCUT2D eigenvalue weighted by Gasteiger charge is 2.31. The van der Waals surface area contributed by atoms with Gasteiger partial charge in [0.15, 0.2) is 0 Å². The molecule has 1 saturated carbocycles. The molecule has 0 aromatic heterocycles. The number of carbonyl (C=O) groups is 2. The van der Waals surface area contributed by atoms with Gasteiger partial charge in [0, 0.05) is 37.1 Å². The van der Waals surface area contributed by atoms with Crippen LogP contribution < -0.4 is 4.74 Å². The van der Waals surface area contributed by atoms with Gasteiger partial charge in [0.2, 0.25) is 5.91 Å². The Morgan fingerprint density at radius 2 is 1.79 bits per heavy atom. The molecule has 0 unspecified atom stereocenters. The van der Waals surface area contributed by atoms with Crippen molar-refractivity contribution in [2.75, 3.05) is 33.3 Å². The lowest BCUT2D eigenvalue weighted by Crippen LogP contribution is -2.41. The lowest BCUT2D eigenvalue weighted by molar-refractivity contribution is -0.138. The van der Waals surface area contributed by atoms with Gasteiger partial charge in [0.05, 0.1) is 12.7 Å². The van der Waals surface area contributed by atoms with Gasteiger partial charge in [-0.05, 0) is 37.5 Å². The summed E-state index contributed by atoms with van der Waals surface area (Å²) in [5.74, 6) is 0.902. The van der Waals surface area contributed by atoms with Crippen LogP contribution in [0.2, 0.25) is 5.02 Å². The van der Waals surface area contributed by atoms with Gasteiger partial charge in [-0.3, -0.25) is 9.59 Å². The topological polar surface area (TPSA) is 49.9 Å². The zero-order chi connectivity index (χ0) is 17.1. The van der Waals surface area contributed by atoms with Gasteiger partial charge < -0.3 is 14.5 Å². The van der Waals surface area contributed by atoms with E-state index in [1.807, 2.05) is 4.90 Å². The van der Waals surface area contributed by atoms with Crippen molar-refractivity contribution < 1.29 is 14.3 Å². The van der Waals surface area contributed by atoms with E-state index in [-0.39, 0.29) is 17.7 Å². The van der Waals surface area contributed by atoms with E-state index in [1.165, 1.54) is 0 Å². The van der Waals surface area contributed by atoms with Gasteiger partial charge in [-0.15, -0.1) is 0 Å². The molecule has 1 heterocycles. The highest BCUT2D eigenvalue weighted by atomic mass is 35.5. The van der Waals surface area contributed by atoms with Gasteiger partial charge in [-0.25, -0.2) is 0 Å². The van der Waals surface area contributed by atoms with E-state index >= 15 is 0 Å². The molecule has 6 heteroatoms. The molecule has 3 rings (SSSR count). The van der Waals surface area contributed by atoms with E-state index in [2.05, 4.69) is 0 Å². The van der Waals surface area contributed by atoms with Crippen LogP contribution in [0.15, 0.2) is 18.2 Å². The molecule has 2 amide bonds. The Morgan fingerprint density at radius 1 is 1.08 bits per heavy atom. The van der Waals surface area contributed by atoms with Crippen molar-refractivity contribution in [3.8, 4) is 5.75 Å². The summed E-state index contributed by atoms with van der Waals surface area (Å²) in [6.07, 6.45) is 3.98. The number of ether oxygens (including phenoxy) is 1. The van der Waals surface area contributed by atoms with Crippen molar-refractivity contribution in [3.63, 3.8) is 0 Å². The molecule has 1 saturated heterocycles. The number of halogens is 1. The Kier molecular flexibility index (Phi) is 5.29. The van der Waals surface area contributed by atoms with Crippen LogP contribution >= 0.6 is 11.6 Å². The molecular formula is C18H23ClN2O3.